The van der Waals surface area contributed by atoms with Crippen molar-refractivity contribution in [2.75, 3.05) is 18.4 Å². The molecule has 1 unspecified atom stereocenters. The minimum atomic E-state index is 0.116. The van der Waals surface area contributed by atoms with Gasteiger partial charge in [-0.25, -0.2) is 4.98 Å². The van der Waals surface area contributed by atoms with E-state index >= 15 is 0 Å². The van der Waals surface area contributed by atoms with Gasteiger partial charge in [-0.3, -0.25) is 0 Å². The summed E-state index contributed by atoms with van der Waals surface area (Å²) in [7, 11) is 0. The second kappa shape index (κ2) is 6.27. The standard InChI is InChI=1S/C11H20N4O/c1-8(2)16-10-4-5-13-11(15-10)14-7-9(3)6-12/h4-5,8-9H,6-7,12H2,1-3H3,(H,13,14,15). The summed E-state index contributed by atoms with van der Waals surface area (Å²) in [5.74, 6) is 1.57. The van der Waals surface area contributed by atoms with Gasteiger partial charge in [0.1, 0.15) is 0 Å². The van der Waals surface area contributed by atoms with E-state index in [0.29, 0.717) is 24.3 Å². The minimum absolute atomic E-state index is 0.116. The fourth-order valence-corrected chi connectivity index (χ4v) is 1.08. The molecule has 5 nitrogen and oxygen atoms in total. The summed E-state index contributed by atoms with van der Waals surface area (Å²) >= 11 is 0. The summed E-state index contributed by atoms with van der Waals surface area (Å²) < 4.78 is 5.47. The maximum atomic E-state index is 5.53. The van der Waals surface area contributed by atoms with Gasteiger partial charge in [0.2, 0.25) is 11.8 Å². The average molecular weight is 224 g/mol. The molecular formula is C11H20N4O. The fourth-order valence-electron chi connectivity index (χ4n) is 1.08. The van der Waals surface area contributed by atoms with Crippen molar-refractivity contribution >= 4 is 5.95 Å². The maximum absolute atomic E-state index is 5.53. The molecule has 90 valence electrons. The molecule has 1 aromatic rings. The minimum Gasteiger partial charge on any atom is -0.475 e. The van der Waals surface area contributed by atoms with Gasteiger partial charge >= 0.3 is 0 Å². The van der Waals surface area contributed by atoms with Crippen LogP contribution in [0.2, 0.25) is 0 Å². The first kappa shape index (κ1) is 12.7. The molecule has 3 N–H and O–H groups in total. The number of nitrogens with one attached hydrogen (secondary N) is 1. The predicted molar refractivity (Wildman–Crippen MR) is 64.5 cm³/mol. The molecule has 0 fully saturated rings. The first-order valence-corrected chi connectivity index (χ1v) is 5.55. The van der Waals surface area contributed by atoms with Gasteiger partial charge in [-0.15, -0.1) is 0 Å². The fraction of sp³-hybridized carbons (Fsp3) is 0.636. The molecular weight excluding hydrogens is 204 g/mol. The Morgan fingerprint density at radius 1 is 1.44 bits per heavy atom. The summed E-state index contributed by atoms with van der Waals surface area (Å²) in [6, 6.07) is 1.75. The van der Waals surface area contributed by atoms with Crippen LogP contribution in [-0.4, -0.2) is 29.2 Å². The van der Waals surface area contributed by atoms with Crippen molar-refractivity contribution in [1.82, 2.24) is 9.97 Å². The highest BCUT2D eigenvalue weighted by molar-refractivity contribution is 5.27. The molecule has 16 heavy (non-hydrogen) atoms. The number of hydrogen-bond acceptors (Lipinski definition) is 5. The molecule has 0 saturated carbocycles. The van der Waals surface area contributed by atoms with Crippen molar-refractivity contribution in [3.8, 4) is 5.88 Å². The SMILES string of the molecule is CC(CN)CNc1nccc(OC(C)C)n1. The largest absolute Gasteiger partial charge is 0.475 e. The lowest BCUT2D eigenvalue weighted by molar-refractivity contribution is 0.232. The molecule has 0 bridgehead atoms. The van der Waals surface area contributed by atoms with Crippen molar-refractivity contribution in [3.63, 3.8) is 0 Å². The van der Waals surface area contributed by atoms with E-state index in [1.807, 2.05) is 13.8 Å². The summed E-state index contributed by atoms with van der Waals surface area (Å²) in [4.78, 5) is 8.34. The van der Waals surface area contributed by atoms with E-state index in [9.17, 15) is 0 Å². The Balaban J connectivity index is 2.53. The predicted octanol–water partition coefficient (Wildman–Crippen LogP) is 1.27. The van der Waals surface area contributed by atoms with Gasteiger partial charge in [0.25, 0.3) is 0 Å². The molecule has 1 aromatic heterocycles. The van der Waals surface area contributed by atoms with Gasteiger partial charge in [0.05, 0.1) is 6.10 Å². The van der Waals surface area contributed by atoms with E-state index in [4.69, 9.17) is 10.5 Å². The number of nitrogens with two attached hydrogens (primary N) is 1. The number of nitrogens with zero attached hydrogens (tertiary/aromatic N) is 2. The summed E-state index contributed by atoms with van der Waals surface area (Å²) in [6.45, 7) is 7.41. The molecule has 1 atom stereocenters. The van der Waals surface area contributed by atoms with E-state index in [1.165, 1.54) is 0 Å². The highest BCUT2D eigenvalue weighted by Gasteiger charge is 2.03. The zero-order valence-electron chi connectivity index (χ0n) is 10.1. The number of aromatic nitrogens is 2. The van der Waals surface area contributed by atoms with Crippen LogP contribution in [-0.2, 0) is 0 Å². The third-order valence-electron chi connectivity index (χ3n) is 2.00. The summed E-state index contributed by atoms with van der Waals surface area (Å²) in [6.07, 6.45) is 1.80. The molecule has 0 amide bonds. The lowest BCUT2D eigenvalue weighted by atomic mass is 10.2. The van der Waals surface area contributed by atoms with Crippen LogP contribution in [0, 0.1) is 5.92 Å². The lowest BCUT2D eigenvalue weighted by Crippen LogP contribution is -2.20. The van der Waals surface area contributed by atoms with Crippen LogP contribution in [0.25, 0.3) is 0 Å². The summed E-state index contributed by atoms with van der Waals surface area (Å²) in [5, 5.41) is 3.13. The van der Waals surface area contributed by atoms with E-state index < -0.39 is 0 Å². The monoisotopic (exact) mass is 224 g/mol. The third-order valence-corrected chi connectivity index (χ3v) is 2.00. The van der Waals surface area contributed by atoms with Gasteiger partial charge in [-0.2, -0.15) is 4.98 Å². The molecule has 0 aliphatic rings. The Bertz CT molecular complexity index is 317. The summed E-state index contributed by atoms with van der Waals surface area (Å²) in [5.41, 5.74) is 5.53. The Morgan fingerprint density at radius 3 is 2.81 bits per heavy atom. The van der Waals surface area contributed by atoms with Gasteiger partial charge in [-0.1, -0.05) is 6.92 Å². The third kappa shape index (κ3) is 4.44. The maximum Gasteiger partial charge on any atom is 0.225 e. The second-order valence-electron chi connectivity index (χ2n) is 4.11. The Kier molecular flexibility index (Phi) is 4.98. The Labute approximate surface area is 96.4 Å². The molecule has 0 saturated heterocycles. The van der Waals surface area contributed by atoms with Crippen molar-refractivity contribution in [2.45, 2.75) is 26.9 Å². The topological polar surface area (TPSA) is 73.1 Å². The molecule has 0 aromatic carbocycles. The smallest absolute Gasteiger partial charge is 0.225 e. The van der Waals surface area contributed by atoms with Crippen molar-refractivity contribution in [2.24, 2.45) is 11.7 Å². The first-order chi connectivity index (χ1) is 7.61. The Morgan fingerprint density at radius 2 is 2.19 bits per heavy atom. The molecule has 0 spiro atoms. The van der Waals surface area contributed by atoms with Gasteiger partial charge in [0.15, 0.2) is 0 Å². The number of anilines is 1. The van der Waals surface area contributed by atoms with E-state index in [0.717, 1.165) is 6.54 Å². The lowest BCUT2D eigenvalue weighted by Gasteiger charge is -2.12. The molecule has 5 heteroatoms. The molecule has 1 heterocycles. The van der Waals surface area contributed by atoms with Crippen LogP contribution in [0.5, 0.6) is 5.88 Å². The number of ether oxygens (including phenoxy) is 1. The van der Waals surface area contributed by atoms with Crippen LogP contribution < -0.4 is 15.8 Å². The van der Waals surface area contributed by atoms with Crippen LogP contribution in [0.1, 0.15) is 20.8 Å². The highest BCUT2D eigenvalue weighted by Crippen LogP contribution is 2.10. The molecule has 0 aliphatic heterocycles. The number of hydrogen-bond donors (Lipinski definition) is 2. The van der Waals surface area contributed by atoms with Gasteiger partial charge < -0.3 is 15.8 Å². The zero-order chi connectivity index (χ0) is 12.0. The molecule has 0 radical (unpaired) electrons. The molecule has 0 aliphatic carbocycles. The van der Waals surface area contributed by atoms with E-state index in [2.05, 4.69) is 22.2 Å². The normalized spacial score (nSPS) is 12.6. The first-order valence-electron chi connectivity index (χ1n) is 5.55. The van der Waals surface area contributed by atoms with Crippen LogP contribution >= 0.6 is 0 Å². The van der Waals surface area contributed by atoms with Crippen molar-refractivity contribution in [3.05, 3.63) is 12.3 Å². The van der Waals surface area contributed by atoms with Crippen molar-refractivity contribution in [1.29, 1.82) is 0 Å². The van der Waals surface area contributed by atoms with Gasteiger partial charge in [-0.05, 0) is 26.3 Å². The van der Waals surface area contributed by atoms with Crippen LogP contribution in [0.3, 0.4) is 0 Å². The zero-order valence-corrected chi connectivity index (χ0v) is 10.1. The molecule has 1 rings (SSSR count). The van der Waals surface area contributed by atoms with Crippen molar-refractivity contribution < 1.29 is 4.74 Å². The Hall–Kier alpha value is -1.36. The van der Waals surface area contributed by atoms with Gasteiger partial charge in [0, 0.05) is 18.8 Å². The second-order valence-corrected chi connectivity index (χ2v) is 4.11. The van der Waals surface area contributed by atoms with E-state index in [1.54, 1.807) is 12.3 Å². The van der Waals surface area contributed by atoms with E-state index in [-0.39, 0.29) is 6.10 Å². The highest BCUT2D eigenvalue weighted by atomic mass is 16.5. The quantitative estimate of drug-likeness (QED) is 0.761. The number of rotatable bonds is 6. The van der Waals surface area contributed by atoms with Crippen LogP contribution in [0.15, 0.2) is 12.3 Å². The van der Waals surface area contributed by atoms with Crippen LogP contribution in [0.4, 0.5) is 5.95 Å². The average Bonchev–Trinajstić information content (AvgIpc) is 2.25.